The van der Waals surface area contributed by atoms with Crippen molar-refractivity contribution in [3.05, 3.63) is 131 Å². The molecular formula is C31H25NO3. The third-order valence-corrected chi connectivity index (χ3v) is 6.79. The number of aryl methyl sites for hydroxylation is 1. The Labute approximate surface area is 204 Å². The van der Waals surface area contributed by atoms with Crippen LogP contribution in [0.3, 0.4) is 0 Å². The zero-order chi connectivity index (χ0) is 23.8. The molecule has 1 aliphatic rings. The number of ketones is 1. The lowest BCUT2D eigenvalue weighted by Crippen LogP contribution is -2.22. The fraction of sp³-hybridized carbons (Fsp3) is 0.129. The topological polar surface area (TPSA) is 51.3 Å². The number of aromatic nitrogens is 1. The van der Waals surface area contributed by atoms with Crippen LogP contribution in [-0.2, 0) is 0 Å². The van der Waals surface area contributed by atoms with Crippen LogP contribution >= 0.6 is 0 Å². The van der Waals surface area contributed by atoms with Gasteiger partial charge in [-0.1, -0.05) is 78.4 Å². The first kappa shape index (κ1) is 21.2. The number of hydrogen-bond acceptors (Lipinski definition) is 3. The van der Waals surface area contributed by atoms with E-state index in [1.165, 1.54) is 5.56 Å². The third kappa shape index (κ3) is 3.87. The first-order chi connectivity index (χ1) is 17.2. The number of benzene rings is 4. The van der Waals surface area contributed by atoms with Crippen molar-refractivity contribution in [3.63, 3.8) is 0 Å². The van der Waals surface area contributed by atoms with E-state index in [2.05, 4.69) is 36.2 Å². The van der Waals surface area contributed by atoms with Crippen molar-refractivity contribution in [2.45, 2.75) is 18.8 Å². The van der Waals surface area contributed by atoms with Crippen LogP contribution in [0.15, 0.2) is 103 Å². The largest absolute Gasteiger partial charge is 0.454 e. The van der Waals surface area contributed by atoms with Gasteiger partial charge < -0.3 is 14.5 Å². The van der Waals surface area contributed by atoms with Crippen LogP contribution in [-0.4, -0.2) is 17.6 Å². The van der Waals surface area contributed by atoms with Crippen molar-refractivity contribution in [1.29, 1.82) is 0 Å². The van der Waals surface area contributed by atoms with E-state index in [0.717, 1.165) is 33.3 Å². The van der Waals surface area contributed by atoms with Gasteiger partial charge in [0, 0.05) is 28.6 Å². The van der Waals surface area contributed by atoms with Crippen molar-refractivity contribution in [2.75, 3.05) is 6.79 Å². The normalized spacial score (nSPS) is 14.1. The average molecular weight is 460 g/mol. The van der Waals surface area contributed by atoms with E-state index in [0.29, 0.717) is 11.3 Å². The maximum absolute atomic E-state index is 14.2. The van der Waals surface area contributed by atoms with E-state index < -0.39 is 5.92 Å². The van der Waals surface area contributed by atoms with E-state index in [4.69, 9.17) is 9.47 Å². The van der Waals surface area contributed by atoms with Gasteiger partial charge in [0.25, 0.3) is 0 Å². The number of H-pyrrole nitrogens is 1. The van der Waals surface area contributed by atoms with Gasteiger partial charge in [-0.2, -0.15) is 0 Å². The summed E-state index contributed by atoms with van der Waals surface area (Å²) in [6.07, 6.45) is 2.05. The van der Waals surface area contributed by atoms with Gasteiger partial charge in [0.15, 0.2) is 17.3 Å². The zero-order valence-corrected chi connectivity index (χ0v) is 19.4. The summed E-state index contributed by atoms with van der Waals surface area (Å²) in [6.45, 7) is 2.30. The summed E-state index contributed by atoms with van der Waals surface area (Å²) >= 11 is 0. The minimum absolute atomic E-state index is 0.0847. The summed E-state index contributed by atoms with van der Waals surface area (Å²) in [4.78, 5) is 17.7. The second kappa shape index (κ2) is 8.80. The zero-order valence-electron chi connectivity index (χ0n) is 19.4. The molecule has 2 unspecified atom stereocenters. The lowest BCUT2D eigenvalue weighted by Gasteiger charge is -2.28. The summed E-state index contributed by atoms with van der Waals surface area (Å²) in [6, 6.07) is 32.0. The molecule has 1 aliphatic heterocycles. The Morgan fingerprint density at radius 1 is 0.800 bits per heavy atom. The number of ether oxygens (including phenoxy) is 2. The van der Waals surface area contributed by atoms with Crippen LogP contribution in [0.25, 0.3) is 10.9 Å². The number of Topliss-reactive ketones (excluding diaryl/α,β-unsaturated/α-hetero) is 1. The Kier molecular flexibility index (Phi) is 5.34. The maximum Gasteiger partial charge on any atom is 0.231 e. The standard InChI is InChI=1S/C31H25NO3/c1-20-12-14-26-24(16-20)25(18-32-26)29(23-13-15-27-28(17-23)35-19-34-27)30(21-8-4-2-5-9-21)31(33)22-10-6-3-7-11-22/h2-18,29-30,32H,19H2,1H3. The van der Waals surface area contributed by atoms with Crippen LogP contribution in [0.5, 0.6) is 11.5 Å². The highest BCUT2D eigenvalue weighted by Gasteiger charge is 2.35. The van der Waals surface area contributed by atoms with Crippen molar-refractivity contribution >= 4 is 16.7 Å². The average Bonchev–Trinajstić information content (AvgIpc) is 3.54. The molecule has 5 aromatic rings. The van der Waals surface area contributed by atoms with E-state index in [1.54, 1.807) is 0 Å². The molecule has 1 N–H and O–H groups in total. The molecule has 172 valence electrons. The van der Waals surface area contributed by atoms with Crippen molar-refractivity contribution in [2.24, 2.45) is 0 Å². The Morgan fingerprint density at radius 3 is 2.34 bits per heavy atom. The minimum Gasteiger partial charge on any atom is -0.454 e. The lowest BCUT2D eigenvalue weighted by molar-refractivity contribution is 0.0951. The van der Waals surface area contributed by atoms with Gasteiger partial charge in [-0.3, -0.25) is 4.79 Å². The summed E-state index contributed by atoms with van der Waals surface area (Å²) in [5, 5.41) is 1.12. The number of hydrogen-bond donors (Lipinski definition) is 1. The number of carbonyl (C=O) groups excluding carboxylic acids is 1. The number of carbonyl (C=O) groups is 1. The molecule has 0 radical (unpaired) electrons. The first-order valence-corrected chi connectivity index (χ1v) is 11.8. The molecule has 0 saturated heterocycles. The van der Waals surface area contributed by atoms with Gasteiger partial charge in [0.1, 0.15) is 0 Å². The van der Waals surface area contributed by atoms with Gasteiger partial charge in [-0.05, 0) is 47.9 Å². The fourth-order valence-electron chi connectivity index (χ4n) is 5.11. The summed E-state index contributed by atoms with van der Waals surface area (Å²) < 4.78 is 11.3. The monoisotopic (exact) mass is 459 g/mol. The predicted molar refractivity (Wildman–Crippen MR) is 137 cm³/mol. The van der Waals surface area contributed by atoms with Crippen LogP contribution in [0, 0.1) is 6.92 Å². The third-order valence-electron chi connectivity index (χ3n) is 6.79. The maximum atomic E-state index is 14.2. The quantitative estimate of drug-likeness (QED) is 0.278. The molecule has 4 aromatic carbocycles. The molecule has 4 heteroatoms. The second-order valence-corrected chi connectivity index (χ2v) is 9.00. The molecule has 0 amide bonds. The molecule has 6 rings (SSSR count). The minimum atomic E-state index is -0.432. The lowest BCUT2D eigenvalue weighted by atomic mass is 9.73. The predicted octanol–water partition coefficient (Wildman–Crippen LogP) is 7.00. The summed E-state index contributed by atoms with van der Waals surface area (Å²) in [5.41, 5.74) is 5.99. The molecule has 4 nitrogen and oxygen atoms in total. The number of rotatable bonds is 6. The van der Waals surface area contributed by atoms with Crippen LogP contribution in [0.4, 0.5) is 0 Å². The Morgan fingerprint density at radius 2 is 1.54 bits per heavy atom. The fourth-order valence-corrected chi connectivity index (χ4v) is 5.11. The molecule has 0 saturated carbocycles. The summed E-state index contributed by atoms with van der Waals surface area (Å²) in [7, 11) is 0. The molecule has 0 bridgehead atoms. The number of nitrogens with one attached hydrogen (secondary N) is 1. The SMILES string of the molecule is Cc1ccc2[nH]cc(C(c3ccc4c(c3)OCO4)C(C(=O)c3ccccc3)c3ccccc3)c2c1. The number of fused-ring (bicyclic) bond motifs is 2. The van der Waals surface area contributed by atoms with E-state index in [1.807, 2.05) is 79.0 Å². The molecular weight excluding hydrogens is 434 g/mol. The highest BCUT2D eigenvalue weighted by molar-refractivity contribution is 6.02. The number of aromatic amines is 1. The van der Waals surface area contributed by atoms with Crippen molar-refractivity contribution in [3.8, 4) is 11.5 Å². The summed E-state index contributed by atoms with van der Waals surface area (Å²) in [5.74, 6) is 0.852. The first-order valence-electron chi connectivity index (χ1n) is 11.8. The smallest absolute Gasteiger partial charge is 0.231 e. The molecule has 0 spiro atoms. The van der Waals surface area contributed by atoms with Crippen LogP contribution in [0.2, 0.25) is 0 Å². The van der Waals surface area contributed by atoms with Gasteiger partial charge in [-0.25, -0.2) is 0 Å². The van der Waals surface area contributed by atoms with Gasteiger partial charge in [-0.15, -0.1) is 0 Å². The molecule has 35 heavy (non-hydrogen) atoms. The highest BCUT2D eigenvalue weighted by Crippen LogP contribution is 2.46. The Balaban J connectivity index is 1.61. The van der Waals surface area contributed by atoms with Gasteiger partial charge >= 0.3 is 0 Å². The Bertz CT molecular complexity index is 1500. The van der Waals surface area contributed by atoms with E-state index in [9.17, 15) is 4.79 Å². The van der Waals surface area contributed by atoms with Crippen LogP contribution < -0.4 is 9.47 Å². The van der Waals surface area contributed by atoms with E-state index in [-0.39, 0.29) is 18.5 Å². The van der Waals surface area contributed by atoms with Gasteiger partial charge in [0.2, 0.25) is 6.79 Å². The van der Waals surface area contributed by atoms with Crippen molar-refractivity contribution < 1.29 is 14.3 Å². The molecule has 2 heterocycles. The van der Waals surface area contributed by atoms with Gasteiger partial charge in [0.05, 0.1) is 5.92 Å². The molecule has 1 aromatic heterocycles. The Hall–Kier alpha value is -4.31. The molecule has 0 aliphatic carbocycles. The van der Waals surface area contributed by atoms with Crippen molar-refractivity contribution in [1.82, 2.24) is 4.98 Å². The molecule has 2 atom stereocenters. The highest BCUT2D eigenvalue weighted by atomic mass is 16.7. The van der Waals surface area contributed by atoms with Crippen LogP contribution in [0.1, 0.15) is 44.4 Å². The van der Waals surface area contributed by atoms with E-state index >= 15 is 0 Å². The molecule has 0 fully saturated rings. The second-order valence-electron chi connectivity index (χ2n) is 9.00.